The molecule has 1 unspecified atom stereocenters. The summed E-state index contributed by atoms with van der Waals surface area (Å²) in [5.41, 5.74) is 2.16. The molecule has 0 spiro atoms. The van der Waals surface area contributed by atoms with E-state index in [-0.39, 0.29) is 6.61 Å². The van der Waals surface area contributed by atoms with Gasteiger partial charge in [0.1, 0.15) is 18.5 Å². The van der Waals surface area contributed by atoms with Crippen molar-refractivity contribution in [2.75, 3.05) is 18.5 Å². The lowest BCUT2D eigenvalue weighted by atomic mass is 10.2. The minimum absolute atomic E-state index is 0.270. The van der Waals surface area contributed by atoms with Crippen LogP contribution in [-0.2, 0) is 0 Å². The lowest BCUT2D eigenvalue weighted by Gasteiger charge is -2.14. The molecule has 2 rings (SSSR count). The van der Waals surface area contributed by atoms with E-state index in [9.17, 15) is 5.11 Å². The van der Waals surface area contributed by atoms with Crippen LogP contribution < -0.4 is 10.1 Å². The molecule has 0 radical (unpaired) electrons. The molecule has 0 aliphatic rings. The first kappa shape index (κ1) is 14.9. The minimum Gasteiger partial charge on any atom is -0.491 e. The van der Waals surface area contributed by atoms with E-state index in [4.69, 9.17) is 4.74 Å². The van der Waals surface area contributed by atoms with Gasteiger partial charge in [0, 0.05) is 16.7 Å². The molecule has 2 N–H and O–H groups in total. The molecule has 1 atom stereocenters. The molecule has 0 fully saturated rings. The zero-order chi connectivity index (χ0) is 14.4. The van der Waals surface area contributed by atoms with Crippen molar-refractivity contribution in [1.29, 1.82) is 0 Å². The molecule has 3 nitrogen and oxygen atoms in total. The Morgan fingerprint density at radius 2 is 1.75 bits per heavy atom. The Morgan fingerprint density at radius 3 is 2.40 bits per heavy atom. The van der Waals surface area contributed by atoms with Gasteiger partial charge in [-0.15, -0.1) is 0 Å². The quantitative estimate of drug-likeness (QED) is 0.847. The van der Waals surface area contributed by atoms with Gasteiger partial charge in [0.15, 0.2) is 0 Å². The molecular weight excluding hydrogens is 318 g/mol. The molecule has 0 aromatic heterocycles. The molecular formula is C16H18BrNO2. The minimum atomic E-state index is -0.556. The van der Waals surface area contributed by atoms with Gasteiger partial charge in [-0.2, -0.15) is 0 Å². The standard InChI is InChI=1S/C16H18BrNO2/c1-12-2-8-16(9-3-12)20-11-15(19)10-18-14-6-4-13(17)5-7-14/h2-9,15,18-19H,10-11H2,1H3. The number of ether oxygens (including phenoxy) is 1. The fourth-order valence-corrected chi connectivity index (χ4v) is 1.95. The highest BCUT2D eigenvalue weighted by molar-refractivity contribution is 9.10. The SMILES string of the molecule is Cc1ccc(OCC(O)CNc2ccc(Br)cc2)cc1. The average Bonchev–Trinajstić information content (AvgIpc) is 2.46. The van der Waals surface area contributed by atoms with Crippen molar-refractivity contribution in [1.82, 2.24) is 0 Å². The number of hydrogen-bond acceptors (Lipinski definition) is 3. The van der Waals surface area contributed by atoms with Crippen LogP contribution in [-0.4, -0.2) is 24.4 Å². The molecule has 106 valence electrons. The van der Waals surface area contributed by atoms with Gasteiger partial charge in [0.05, 0.1) is 0 Å². The second kappa shape index (κ2) is 7.31. The van der Waals surface area contributed by atoms with Crippen LogP contribution in [0.2, 0.25) is 0 Å². The van der Waals surface area contributed by atoms with Gasteiger partial charge in [-0.05, 0) is 43.3 Å². The largest absolute Gasteiger partial charge is 0.491 e. The average molecular weight is 336 g/mol. The predicted molar refractivity (Wildman–Crippen MR) is 85.3 cm³/mol. The van der Waals surface area contributed by atoms with E-state index in [1.54, 1.807) is 0 Å². The summed E-state index contributed by atoms with van der Waals surface area (Å²) < 4.78 is 6.57. The van der Waals surface area contributed by atoms with Crippen LogP contribution in [0.1, 0.15) is 5.56 Å². The third kappa shape index (κ3) is 4.87. The number of anilines is 1. The van der Waals surface area contributed by atoms with E-state index in [1.165, 1.54) is 5.56 Å². The molecule has 0 amide bonds. The number of rotatable bonds is 6. The predicted octanol–water partition coefficient (Wildman–Crippen LogP) is 3.61. The molecule has 2 aromatic carbocycles. The summed E-state index contributed by atoms with van der Waals surface area (Å²) in [5.74, 6) is 0.776. The molecule has 0 saturated carbocycles. The van der Waals surface area contributed by atoms with Crippen molar-refractivity contribution in [3.05, 3.63) is 58.6 Å². The Bertz CT molecular complexity index is 476. The van der Waals surface area contributed by atoms with E-state index >= 15 is 0 Å². The maximum absolute atomic E-state index is 9.88. The lowest BCUT2D eigenvalue weighted by molar-refractivity contribution is 0.117. The molecule has 20 heavy (non-hydrogen) atoms. The fourth-order valence-electron chi connectivity index (χ4n) is 1.69. The Kier molecular flexibility index (Phi) is 5.44. The Morgan fingerprint density at radius 1 is 1.10 bits per heavy atom. The van der Waals surface area contributed by atoms with Crippen LogP contribution >= 0.6 is 15.9 Å². The third-order valence-corrected chi connectivity index (χ3v) is 3.38. The van der Waals surface area contributed by atoms with Crippen LogP contribution in [0.5, 0.6) is 5.75 Å². The van der Waals surface area contributed by atoms with Gasteiger partial charge in [-0.3, -0.25) is 0 Å². The van der Waals surface area contributed by atoms with Gasteiger partial charge in [0.2, 0.25) is 0 Å². The maximum Gasteiger partial charge on any atom is 0.119 e. The normalized spacial score (nSPS) is 11.9. The van der Waals surface area contributed by atoms with Crippen LogP contribution in [0.15, 0.2) is 53.0 Å². The number of nitrogens with one attached hydrogen (secondary N) is 1. The Labute approximate surface area is 127 Å². The van der Waals surface area contributed by atoms with Crippen molar-refractivity contribution in [3.8, 4) is 5.75 Å². The molecule has 0 heterocycles. The highest BCUT2D eigenvalue weighted by Crippen LogP contribution is 2.14. The second-order valence-corrected chi connectivity index (χ2v) is 5.58. The zero-order valence-electron chi connectivity index (χ0n) is 11.3. The van der Waals surface area contributed by atoms with E-state index in [2.05, 4.69) is 21.2 Å². The van der Waals surface area contributed by atoms with E-state index in [0.717, 1.165) is 15.9 Å². The third-order valence-electron chi connectivity index (χ3n) is 2.85. The maximum atomic E-state index is 9.88. The summed E-state index contributed by atoms with van der Waals surface area (Å²) in [5, 5.41) is 13.1. The number of aliphatic hydroxyl groups excluding tert-OH is 1. The van der Waals surface area contributed by atoms with E-state index in [1.807, 2.05) is 55.5 Å². The number of aryl methyl sites for hydroxylation is 1. The molecule has 0 aliphatic heterocycles. The topological polar surface area (TPSA) is 41.5 Å². The van der Waals surface area contributed by atoms with Gasteiger partial charge in [0.25, 0.3) is 0 Å². The van der Waals surface area contributed by atoms with Crippen molar-refractivity contribution < 1.29 is 9.84 Å². The molecule has 4 heteroatoms. The van der Waals surface area contributed by atoms with Crippen molar-refractivity contribution in [2.45, 2.75) is 13.0 Å². The molecule has 0 saturated heterocycles. The smallest absolute Gasteiger partial charge is 0.119 e. The zero-order valence-corrected chi connectivity index (χ0v) is 12.9. The summed E-state index contributed by atoms with van der Waals surface area (Å²) in [6.07, 6.45) is -0.556. The van der Waals surface area contributed by atoms with Gasteiger partial charge < -0.3 is 15.2 Å². The van der Waals surface area contributed by atoms with Crippen LogP contribution in [0.4, 0.5) is 5.69 Å². The fraction of sp³-hybridized carbons (Fsp3) is 0.250. The summed E-state index contributed by atoms with van der Waals surface area (Å²) in [4.78, 5) is 0. The molecule has 2 aromatic rings. The number of aliphatic hydroxyl groups is 1. The van der Waals surface area contributed by atoms with Crippen molar-refractivity contribution in [2.24, 2.45) is 0 Å². The Balaban J connectivity index is 1.73. The monoisotopic (exact) mass is 335 g/mol. The van der Waals surface area contributed by atoms with E-state index < -0.39 is 6.10 Å². The summed E-state index contributed by atoms with van der Waals surface area (Å²) in [7, 11) is 0. The first-order chi connectivity index (χ1) is 9.63. The highest BCUT2D eigenvalue weighted by atomic mass is 79.9. The van der Waals surface area contributed by atoms with Crippen LogP contribution in [0.25, 0.3) is 0 Å². The van der Waals surface area contributed by atoms with Gasteiger partial charge in [-0.1, -0.05) is 33.6 Å². The number of halogens is 1. The van der Waals surface area contributed by atoms with Crippen molar-refractivity contribution >= 4 is 21.6 Å². The first-order valence-corrected chi connectivity index (χ1v) is 7.30. The number of hydrogen-bond donors (Lipinski definition) is 2. The van der Waals surface area contributed by atoms with Gasteiger partial charge >= 0.3 is 0 Å². The van der Waals surface area contributed by atoms with Crippen LogP contribution in [0.3, 0.4) is 0 Å². The number of benzene rings is 2. The highest BCUT2D eigenvalue weighted by Gasteiger charge is 2.05. The summed E-state index contributed by atoms with van der Waals surface area (Å²) >= 11 is 3.38. The summed E-state index contributed by atoms with van der Waals surface area (Å²) in [6, 6.07) is 15.6. The van der Waals surface area contributed by atoms with Crippen molar-refractivity contribution in [3.63, 3.8) is 0 Å². The summed E-state index contributed by atoms with van der Waals surface area (Å²) in [6.45, 7) is 2.75. The van der Waals surface area contributed by atoms with E-state index in [0.29, 0.717) is 6.54 Å². The van der Waals surface area contributed by atoms with Gasteiger partial charge in [-0.25, -0.2) is 0 Å². The Hall–Kier alpha value is -1.52. The van der Waals surface area contributed by atoms with Crippen LogP contribution in [0, 0.1) is 6.92 Å². The lowest BCUT2D eigenvalue weighted by Crippen LogP contribution is -2.26. The first-order valence-electron chi connectivity index (χ1n) is 6.50. The molecule has 0 bridgehead atoms. The molecule has 0 aliphatic carbocycles. The second-order valence-electron chi connectivity index (χ2n) is 4.67.